The fourth-order valence-corrected chi connectivity index (χ4v) is 4.68. The SMILES string of the molecule is CCOC(=O)c1c(-c2ccc(C)c(C)c2)csc1NC(=O)c1c(C)nc2c(C)cccn12. The predicted molar refractivity (Wildman–Crippen MR) is 128 cm³/mol. The summed E-state index contributed by atoms with van der Waals surface area (Å²) in [5.74, 6) is -0.775. The standard InChI is InChI=1S/C25H25N3O3S/c1-6-31-25(30)20-19(18-10-9-14(2)16(4)12-18)13-32-24(20)27-23(29)21-17(5)26-22-15(3)8-7-11-28(21)22/h7-13H,6H2,1-5H3,(H,27,29). The molecule has 164 valence electrons. The molecule has 3 heterocycles. The van der Waals surface area contributed by atoms with Gasteiger partial charge in [0.15, 0.2) is 0 Å². The van der Waals surface area contributed by atoms with E-state index in [0.29, 0.717) is 22.0 Å². The minimum Gasteiger partial charge on any atom is -0.462 e. The van der Waals surface area contributed by atoms with Gasteiger partial charge in [0.05, 0.1) is 12.3 Å². The highest BCUT2D eigenvalue weighted by Crippen LogP contribution is 2.37. The number of ether oxygens (including phenoxy) is 1. The molecule has 4 aromatic rings. The van der Waals surface area contributed by atoms with Crippen molar-refractivity contribution in [2.24, 2.45) is 0 Å². The molecule has 0 aliphatic carbocycles. The zero-order chi connectivity index (χ0) is 23.0. The van der Waals surface area contributed by atoms with Crippen LogP contribution in [0, 0.1) is 27.7 Å². The Morgan fingerprint density at radius 1 is 1.09 bits per heavy atom. The van der Waals surface area contributed by atoms with Crippen molar-refractivity contribution in [2.75, 3.05) is 11.9 Å². The minimum atomic E-state index is -0.456. The Labute approximate surface area is 190 Å². The molecule has 0 atom stereocenters. The summed E-state index contributed by atoms with van der Waals surface area (Å²) in [7, 11) is 0. The van der Waals surface area contributed by atoms with Crippen LogP contribution in [-0.4, -0.2) is 27.9 Å². The topological polar surface area (TPSA) is 72.7 Å². The third-order valence-corrected chi connectivity index (χ3v) is 6.45. The van der Waals surface area contributed by atoms with Crippen LogP contribution in [-0.2, 0) is 4.74 Å². The first-order valence-corrected chi connectivity index (χ1v) is 11.3. The molecule has 7 heteroatoms. The summed E-state index contributed by atoms with van der Waals surface area (Å²) in [6, 6.07) is 9.89. The van der Waals surface area contributed by atoms with E-state index in [9.17, 15) is 9.59 Å². The number of aromatic nitrogens is 2. The van der Waals surface area contributed by atoms with Gasteiger partial charge in [0.1, 0.15) is 21.9 Å². The van der Waals surface area contributed by atoms with Crippen LogP contribution in [0.25, 0.3) is 16.8 Å². The molecule has 0 saturated heterocycles. The predicted octanol–water partition coefficient (Wildman–Crippen LogP) is 5.73. The lowest BCUT2D eigenvalue weighted by Gasteiger charge is -2.10. The number of nitrogens with one attached hydrogen (secondary N) is 1. The quantitative estimate of drug-likeness (QED) is 0.397. The molecule has 6 nitrogen and oxygen atoms in total. The number of amides is 1. The van der Waals surface area contributed by atoms with Crippen molar-refractivity contribution in [1.82, 2.24) is 9.38 Å². The molecule has 0 unspecified atom stereocenters. The number of carbonyl (C=O) groups is 2. The summed E-state index contributed by atoms with van der Waals surface area (Å²) in [5, 5.41) is 5.29. The molecule has 0 fully saturated rings. The average Bonchev–Trinajstić information content (AvgIpc) is 3.31. The lowest BCUT2D eigenvalue weighted by atomic mass is 9.99. The average molecular weight is 448 g/mol. The number of benzene rings is 1. The zero-order valence-corrected chi connectivity index (χ0v) is 19.6. The number of rotatable bonds is 5. The first-order valence-electron chi connectivity index (χ1n) is 10.4. The van der Waals surface area contributed by atoms with Gasteiger partial charge in [-0.15, -0.1) is 11.3 Å². The summed E-state index contributed by atoms with van der Waals surface area (Å²) in [6.45, 7) is 9.86. The molecule has 0 bridgehead atoms. The van der Waals surface area contributed by atoms with E-state index < -0.39 is 5.97 Å². The molecular weight excluding hydrogens is 422 g/mol. The van der Waals surface area contributed by atoms with Crippen LogP contribution in [0.15, 0.2) is 41.9 Å². The largest absolute Gasteiger partial charge is 0.462 e. The van der Waals surface area contributed by atoms with Crippen molar-refractivity contribution >= 4 is 33.9 Å². The molecular formula is C25H25N3O3S. The summed E-state index contributed by atoms with van der Waals surface area (Å²) in [5.41, 5.74) is 7.13. The van der Waals surface area contributed by atoms with E-state index in [1.165, 1.54) is 16.9 Å². The van der Waals surface area contributed by atoms with E-state index in [1.54, 1.807) is 11.3 Å². The smallest absolute Gasteiger partial charge is 0.341 e. The molecule has 3 aromatic heterocycles. The molecule has 4 rings (SSSR count). The van der Waals surface area contributed by atoms with Crippen molar-refractivity contribution in [3.05, 3.63) is 75.6 Å². The Kier molecular flexibility index (Phi) is 5.84. The summed E-state index contributed by atoms with van der Waals surface area (Å²) in [6.07, 6.45) is 1.82. The fourth-order valence-electron chi connectivity index (χ4n) is 3.73. The fraction of sp³-hybridized carbons (Fsp3) is 0.240. The van der Waals surface area contributed by atoms with E-state index in [0.717, 1.165) is 27.9 Å². The van der Waals surface area contributed by atoms with Gasteiger partial charge in [0.2, 0.25) is 0 Å². The van der Waals surface area contributed by atoms with Gasteiger partial charge in [-0.1, -0.05) is 24.3 Å². The second-order valence-electron chi connectivity index (χ2n) is 7.76. The van der Waals surface area contributed by atoms with Crippen molar-refractivity contribution < 1.29 is 14.3 Å². The summed E-state index contributed by atoms with van der Waals surface area (Å²) < 4.78 is 7.10. The van der Waals surface area contributed by atoms with Gasteiger partial charge >= 0.3 is 5.97 Å². The maximum Gasteiger partial charge on any atom is 0.341 e. The lowest BCUT2D eigenvalue weighted by Crippen LogP contribution is -2.17. The number of nitrogens with zero attached hydrogens (tertiary/aromatic N) is 2. The summed E-state index contributed by atoms with van der Waals surface area (Å²) in [4.78, 5) is 30.7. The highest BCUT2D eigenvalue weighted by molar-refractivity contribution is 7.15. The van der Waals surface area contributed by atoms with E-state index in [2.05, 4.69) is 10.3 Å². The van der Waals surface area contributed by atoms with Crippen LogP contribution in [0.5, 0.6) is 0 Å². The highest BCUT2D eigenvalue weighted by atomic mass is 32.1. The Bertz CT molecular complexity index is 1350. The number of aryl methyl sites for hydroxylation is 4. The number of fused-ring (bicyclic) bond motifs is 1. The number of hydrogen-bond acceptors (Lipinski definition) is 5. The van der Waals surface area contributed by atoms with Crippen molar-refractivity contribution in [3.63, 3.8) is 0 Å². The van der Waals surface area contributed by atoms with Gasteiger partial charge in [-0.05, 0) is 62.9 Å². The maximum atomic E-state index is 13.3. The van der Waals surface area contributed by atoms with Crippen LogP contribution in [0.2, 0.25) is 0 Å². The van der Waals surface area contributed by atoms with E-state index in [-0.39, 0.29) is 12.5 Å². The normalized spacial score (nSPS) is 11.0. The Morgan fingerprint density at radius 2 is 1.88 bits per heavy atom. The molecule has 1 amide bonds. The number of carbonyl (C=O) groups excluding carboxylic acids is 2. The van der Waals surface area contributed by atoms with E-state index in [1.807, 2.05) is 69.6 Å². The van der Waals surface area contributed by atoms with Gasteiger partial charge in [-0.2, -0.15) is 0 Å². The summed E-state index contributed by atoms with van der Waals surface area (Å²) >= 11 is 1.31. The number of anilines is 1. The highest BCUT2D eigenvalue weighted by Gasteiger charge is 2.25. The molecule has 0 aliphatic heterocycles. The van der Waals surface area contributed by atoms with Crippen LogP contribution < -0.4 is 5.32 Å². The van der Waals surface area contributed by atoms with Gasteiger partial charge < -0.3 is 10.1 Å². The minimum absolute atomic E-state index is 0.250. The zero-order valence-electron chi connectivity index (χ0n) is 18.8. The van der Waals surface area contributed by atoms with Crippen molar-refractivity contribution in [2.45, 2.75) is 34.6 Å². The third-order valence-electron chi connectivity index (χ3n) is 5.55. The number of hydrogen-bond donors (Lipinski definition) is 1. The number of pyridine rings is 1. The molecule has 0 aliphatic rings. The second kappa shape index (κ2) is 8.59. The van der Waals surface area contributed by atoms with Crippen LogP contribution >= 0.6 is 11.3 Å². The van der Waals surface area contributed by atoms with E-state index in [4.69, 9.17) is 4.74 Å². The van der Waals surface area contributed by atoms with Crippen molar-refractivity contribution in [1.29, 1.82) is 0 Å². The number of thiophene rings is 1. The maximum absolute atomic E-state index is 13.3. The number of esters is 1. The molecule has 0 saturated carbocycles. The lowest BCUT2D eigenvalue weighted by molar-refractivity contribution is 0.0529. The Balaban J connectivity index is 1.77. The molecule has 1 aromatic carbocycles. The van der Waals surface area contributed by atoms with Gasteiger partial charge in [-0.25, -0.2) is 9.78 Å². The molecule has 0 spiro atoms. The monoisotopic (exact) mass is 447 g/mol. The van der Waals surface area contributed by atoms with Crippen molar-refractivity contribution in [3.8, 4) is 11.1 Å². The van der Waals surface area contributed by atoms with Crippen LogP contribution in [0.1, 0.15) is 50.2 Å². The Morgan fingerprint density at radius 3 is 2.59 bits per heavy atom. The third kappa shape index (κ3) is 3.80. The van der Waals surface area contributed by atoms with Gasteiger partial charge in [0, 0.05) is 17.1 Å². The second-order valence-corrected chi connectivity index (χ2v) is 8.64. The Hall–Kier alpha value is -3.45. The molecule has 1 N–H and O–H groups in total. The molecule has 0 radical (unpaired) electrons. The van der Waals surface area contributed by atoms with Gasteiger partial charge in [0.25, 0.3) is 5.91 Å². The number of imidazole rings is 1. The van der Waals surface area contributed by atoms with Crippen LogP contribution in [0.3, 0.4) is 0 Å². The first-order chi connectivity index (χ1) is 15.3. The van der Waals surface area contributed by atoms with Crippen LogP contribution in [0.4, 0.5) is 5.00 Å². The van der Waals surface area contributed by atoms with Gasteiger partial charge in [-0.3, -0.25) is 9.20 Å². The van der Waals surface area contributed by atoms with E-state index >= 15 is 0 Å². The first kappa shape index (κ1) is 21.8. The molecule has 32 heavy (non-hydrogen) atoms.